The standard InChI is InChI=1S/C20H22F3N5O/c1-9(2)28-15(19-13-6-27(11-7-29-8-11)17(19)16(13)19)4-14(26-28)10-3-12(20(21,22)23)18(24)25-5-10/h3-5,9,11,13,16-17H,6-8H2,1-2H3,(H2,24,25)/t13-,16-,17?,19-/m1/s1. The molecule has 5 aliphatic rings. The van der Waals surface area contributed by atoms with E-state index >= 15 is 0 Å². The van der Waals surface area contributed by atoms with Crippen molar-refractivity contribution in [1.29, 1.82) is 0 Å². The van der Waals surface area contributed by atoms with Gasteiger partial charge in [-0.1, -0.05) is 0 Å². The van der Waals surface area contributed by atoms with Crippen LogP contribution in [-0.4, -0.2) is 51.5 Å². The molecule has 0 amide bonds. The van der Waals surface area contributed by atoms with E-state index in [4.69, 9.17) is 15.6 Å². The predicted molar refractivity (Wildman–Crippen MR) is 99.0 cm³/mol. The molecule has 0 radical (unpaired) electrons. The van der Waals surface area contributed by atoms with E-state index in [1.165, 1.54) is 6.20 Å². The number of piperidine rings is 1. The molecular formula is C20H22F3N5O. The largest absolute Gasteiger partial charge is 0.419 e. The Morgan fingerprint density at radius 1 is 1.28 bits per heavy atom. The van der Waals surface area contributed by atoms with Crippen molar-refractivity contribution < 1.29 is 17.9 Å². The number of rotatable bonds is 4. The number of nitrogens with two attached hydrogens (primary N) is 1. The van der Waals surface area contributed by atoms with Crippen LogP contribution >= 0.6 is 0 Å². The molecule has 2 saturated carbocycles. The Bertz CT molecular complexity index is 1010. The lowest BCUT2D eigenvalue weighted by Gasteiger charge is -2.34. The summed E-state index contributed by atoms with van der Waals surface area (Å²) in [6.45, 7) is 6.80. The zero-order valence-electron chi connectivity index (χ0n) is 16.1. The number of hydrogen-bond acceptors (Lipinski definition) is 5. The van der Waals surface area contributed by atoms with E-state index in [1.54, 1.807) is 0 Å². The van der Waals surface area contributed by atoms with Crippen molar-refractivity contribution in [2.24, 2.45) is 11.8 Å². The zero-order valence-corrected chi connectivity index (χ0v) is 16.1. The van der Waals surface area contributed by atoms with Crippen LogP contribution < -0.4 is 5.73 Å². The number of anilines is 1. The first-order valence-corrected chi connectivity index (χ1v) is 10.0. The van der Waals surface area contributed by atoms with Crippen molar-refractivity contribution >= 4 is 5.82 Å². The second-order valence-corrected chi connectivity index (χ2v) is 9.01. The summed E-state index contributed by atoms with van der Waals surface area (Å²) in [6, 6.07) is 4.20. The molecule has 5 fully saturated rings. The van der Waals surface area contributed by atoms with Gasteiger partial charge in [0, 0.05) is 41.5 Å². The lowest BCUT2D eigenvalue weighted by Crippen LogP contribution is -2.48. The van der Waals surface area contributed by atoms with Gasteiger partial charge in [-0.05, 0) is 37.8 Å². The minimum Gasteiger partial charge on any atom is -0.383 e. The highest BCUT2D eigenvalue weighted by Crippen LogP contribution is 2.86. The van der Waals surface area contributed by atoms with Gasteiger partial charge in [-0.15, -0.1) is 0 Å². The Labute approximate surface area is 165 Å². The Balaban J connectivity index is 1.38. The molecule has 29 heavy (non-hydrogen) atoms. The molecule has 2 aliphatic carbocycles. The first kappa shape index (κ1) is 17.7. The molecule has 4 atom stereocenters. The number of nitrogen functional groups attached to an aromatic ring is 1. The Hall–Kier alpha value is -2.13. The summed E-state index contributed by atoms with van der Waals surface area (Å²) in [5.41, 5.74) is 6.68. The fraction of sp³-hybridized carbons (Fsp3) is 0.600. The fourth-order valence-corrected chi connectivity index (χ4v) is 5.73. The molecule has 154 valence electrons. The second kappa shape index (κ2) is 5.31. The zero-order chi connectivity index (χ0) is 20.3. The maximum atomic E-state index is 13.3. The van der Waals surface area contributed by atoms with Crippen molar-refractivity contribution in [3.8, 4) is 11.3 Å². The van der Waals surface area contributed by atoms with Gasteiger partial charge in [0.1, 0.15) is 5.82 Å². The van der Waals surface area contributed by atoms with Crippen molar-refractivity contribution in [3.63, 3.8) is 0 Å². The molecule has 3 saturated heterocycles. The van der Waals surface area contributed by atoms with Crippen LogP contribution in [-0.2, 0) is 16.3 Å². The third-order valence-corrected chi connectivity index (χ3v) is 7.25. The molecule has 2 aromatic heterocycles. The van der Waals surface area contributed by atoms with Crippen LogP contribution in [0, 0.1) is 11.8 Å². The minimum atomic E-state index is -4.54. The van der Waals surface area contributed by atoms with Crippen molar-refractivity contribution in [2.45, 2.75) is 43.6 Å². The van der Waals surface area contributed by atoms with Gasteiger partial charge in [-0.25, -0.2) is 4.98 Å². The van der Waals surface area contributed by atoms with E-state index in [2.05, 4.69) is 23.7 Å². The molecule has 6 nitrogen and oxygen atoms in total. The number of aromatic nitrogens is 3. The van der Waals surface area contributed by atoms with Crippen molar-refractivity contribution in [3.05, 3.63) is 29.6 Å². The van der Waals surface area contributed by atoms with E-state index in [1.807, 2.05) is 10.7 Å². The van der Waals surface area contributed by atoms with Crippen LogP contribution in [0.25, 0.3) is 11.3 Å². The van der Waals surface area contributed by atoms with Crippen LogP contribution in [0.15, 0.2) is 18.3 Å². The molecule has 0 spiro atoms. The number of ether oxygens (including phenoxy) is 1. The minimum absolute atomic E-state index is 0.124. The number of alkyl halides is 3. The number of halogens is 3. The average Bonchev–Trinajstić information content (AvgIpc) is 3.17. The first-order chi connectivity index (χ1) is 13.7. The number of pyridine rings is 1. The molecule has 2 N–H and O–H groups in total. The topological polar surface area (TPSA) is 69.2 Å². The monoisotopic (exact) mass is 405 g/mol. The molecule has 7 rings (SSSR count). The highest BCUT2D eigenvalue weighted by molar-refractivity contribution is 5.65. The van der Waals surface area contributed by atoms with E-state index < -0.39 is 17.6 Å². The van der Waals surface area contributed by atoms with E-state index in [0.29, 0.717) is 35.2 Å². The molecule has 2 aromatic rings. The summed E-state index contributed by atoms with van der Waals surface area (Å²) in [7, 11) is 0. The van der Waals surface area contributed by atoms with Crippen LogP contribution in [0.1, 0.15) is 31.1 Å². The highest BCUT2D eigenvalue weighted by Gasteiger charge is 2.94. The van der Waals surface area contributed by atoms with E-state index in [-0.39, 0.29) is 11.5 Å². The van der Waals surface area contributed by atoms with Gasteiger partial charge in [-0.3, -0.25) is 9.58 Å². The number of hydrogen-bond donors (Lipinski definition) is 1. The summed E-state index contributed by atoms with van der Waals surface area (Å²) >= 11 is 0. The number of fused-ring (bicyclic) bond motifs is 1. The normalized spacial score (nSPS) is 33.1. The van der Waals surface area contributed by atoms with Gasteiger partial charge in [-0.2, -0.15) is 18.3 Å². The van der Waals surface area contributed by atoms with Gasteiger partial charge in [0.2, 0.25) is 0 Å². The molecule has 2 bridgehead atoms. The predicted octanol–water partition coefficient (Wildman–Crippen LogP) is 2.71. The highest BCUT2D eigenvalue weighted by atomic mass is 19.4. The Morgan fingerprint density at radius 2 is 2.03 bits per heavy atom. The van der Waals surface area contributed by atoms with Crippen LogP contribution in [0.5, 0.6) is 0 Å². The molecule has 3 aliphatic heterocycles. The lowest BCUT2D eigenvalue weighted by molar-refractivity contribution is -0.137. The molecule has 1 unspecified atom stereocenters. The van der Waals surface area contributed by atoms with Gasteiger partial charge in [0.15, 0.2) is 0 Å². The quantitative estimate of drug-likeness (QED) is 0.847. The Kier molecular flexibility index (Phi) is 3.24. The van der Waals surface area contributed by atoms with Gasteiger partial charge in [0.05, 0.1) is 30.5 Å². The third kappa shape index (κ3) is 2.15. The van der Waals surface area contributed by atoms with Gasteiger partial charge in [0.25, 0.3) is 0 Å². The summed E-state index contributed by atoms with van der Waals surface area (Å²) in [5, 5.41) is 4.69. The Morgan fingerprint density at radius 3 is 2.62 bits per heavy atom. The first-order valence-electron chi connectivity index (χ1n) is 10.0. The smallest absolute Gasteiger partial charge is 0.383 e. The molecule has 9 heteroatoms. The summed E-state index contributed by atoms with van der Waals surface area (Å²) in [5.74, 6) is 0.773. The van der Waals surface area contributed by atoms with Crippen LogP contribution in [0.3, 0.4) is 0 Å². The molecule has 0 aromatic carbocycles. The maximum absolute atomic E-state index is 13.3. The summed E-state index contributed by atoms with van der Waals surface area (Å²) < 4.78 is 47.2. The van der Waals surface area contributed by atoms with Gasteiger partial charge < -0.3 is 10.5 Å². The number of nitrogens with zero attached hydrogens (tertiary/aromatic N) is 4. The lowest BCUT2D eigenvalue weighted by atomic mass is 10.0. The van der Waals surface area contributed by atoms with Crippen molar-refractivity contribution in [2.75, 3.05) is 25.5 Å². The van der Waals surface area contributed by atoms with E-state index in [0.717, 1.165) is 31.5 Å². The summed E-state index contributed by atoms with van der Waals surface area (Å²) in [6.07, 6.45) is -3.17. The maximum Gasteiger partial charge on any atom is 0.419 e. The van der Waals surface area contributed by atoms with Crippen molar-refractivity contribution in [1.82, 2.24) is 19.7 Å². The van der Waals surface area contributed by atoms with Crippen LogP contribution in [0.4, 0.5) is 19.0 Å². The molecule has 5 heterocycles. The van der Waals surface area contributed by atoms with Gasteiger partial charge >= 0.3 is 6.18 Å². The summed E-state index contributed by atoms with van der Waals surface area (Å²) in [4.78, 5) is 6.35. The molecular weight excluding hydrogens is 383 g/mol. The third-order valence-electron chi connectivity index (χ3n) is 7.25. The second-order valence-electron chi connectivity index (χ2n) is 9.01. The average molecular weight is 405 g/mol. The SMILES string of the molecule is CC(C)n1nc(-c2cnc(N)c(C(F)(F)F)c2)cc1[C@@]12C3[C@H]1[C@H]2CN3C1COC1. The van der Waals surface area contributed by atoms with Crippen LogP contribution in [0.2, 0.25) is 0 Å². The fourth-order valence-electron chi connectivity index (χ4n) is 5.73. The van der Waals surface area contributed by atoms with E-state index in [9.17, 15) is 13.2 Å².